The molecule has 2 N–H and O–H groups in total. The van der Waals surface area contributed by atoms with Gasteiger partial charge in [0.05, 0.1) is 5.02 Å². The van der Waals surface area contributed by atoms with Gasteiger partial charge in [0, 0.05) is 10.9 Å². The number of rotatable bonds is 1. The highest BCUT2D eigenvalue weighted by Crippen LogP contribution is 2.25. The second kappa shape index (κ2) is 3.03. The van der Waals surface area contributed by atoms with Crippen LogP contribution in [0.15, 0.2) is 18.2 Å². The smallest absolute Gasteiger partial charge is 0.352 e. The van der Waals surface area contributed by atoms with E-state index in [1.165, 1.54) is 0 Å². The minimum Gasteiger partial charge on any atom is -0.477 e. The zero-order valence-corrected chi connectivity index (χ0v) is 8.22. The second-order valence-electron chi connectivity index (χ2n) is 3.20. The molecule has 0 aliphatic rings. The number of carboxylic acid groups (broad SMARTS) is 1. The number of aromatic amines is 1. The first-order valence-electron chi connectivity index (χ1n) is 4.10. The van der Waals surface area contributed by atoms with Crippen LogP contribution in [0.2, 0.25) is 5.02 Å². The number of benzene rings is 1. The summed E-state index contributed by atoms with van der Waals surface area (Å²) < 4.78 is 0. The van der Waals surface area contributed by atoms with E-state index in [0.717, 1.165) is 16.5 Å². The van der Waals surface area contributed by atoms with Crippen molar-refractivity contribution in [1.29, 1.82) is 0 Å². The highest BCUT2D eigenvalue weighted by atomic mass is 35.5. The van der Waals surface area contributed by atoms with Gasteiger partial charge in [-0.25, -0.2) is 4.79 Å². The van der Waals surface area contributed by atoms with Gasteiger partial charge in [0.2, 0.25) is 0 Å². The number of nitrogens with one attached hydrogen (secondary N) is 1. The summed E-state index contributed by atoms with van der Waals surface area (Å²) in [5.41, 5.74) is 1.92. The molecule has 3 nitrogen and oxygen atoms in total. The summed E-state index contributed by atoms with van der Waals surface area (Å²) in [4.78, 5) is 13.5. The Morgan fingerprint density at radius 2 is 2.14 bits per heavy atom. The number of aryl methyl sites for hydroxylation is 1. The lowest BCUT2D eigenvalue weighted by Crippen LogP contribution is -1.94. The lowest BCUT2D eigenvalue weighted by molar-refractivity contribution is 0.0691. The maximum absolute atomic E-state index is 10.7. The second-order valence-corrected chi connectivity index (χ2v) is 3.60. The fourth-order valence-electron chi connectivity index (χ4n) is 1.44. The fourth-order valence-corrected chi connectivity index (χ4v) is 1.77. The van der Waals surface area contributed by atoms with E-state index in [1.54, 1.807) is 6.07 Å². The summed E-state index contributed by atoms with van der Waals surface area (Å²) >= 11 is 5.97. The van der Waals surface area contributed by atoms with Gasteiger partial charge < -0.3 is 10.1 Å². The number of hydrogen-bond acceptors (Lipinski definition) is 1. The van der Waals surface area contributed by atoms with Gasteiger partial charge in [0.1, 0.15) is 5.69 Å². The number of halogens is 1. The van der Waals surface area contributed by atoms with E-state index in [9.17, 15) is 4.79 Å². The number of aromatic carboxylic acids is 1. The molecule has 0 atom stereocenters. The highest BCUT2D eigenvalue weighted by Gasteiger charge is 2.09. The minimum atomic E-state index is -0.977. The summed E-state index contributed by atoms with van der Waals surface area (Å²) in [6, 6.07) is 5.22. The lowest BCUT2D eigenvalue weighted by atomic mass is 10.2. The average Bonchev–Trinajstić information content (AvgIpc) is 2.47. The molecule has 2 rings (SSSR count). The standard InChI is InChI=1S/C10H8ClNO2/c1-5-2-7(11)6-4-9(10(13)14)12-8(6)3-5/h2-4,12H,1H3,(H,13,14). The fraction of sp³-hybridized carbons (Fsp3) is 0.100. The SMILES string of the molecule is Cc1cc(Cl)c2cc(C(=O)O)[nH]c2c1. The predicted octanol–water partition coefficient (Wildman–Crippen LogP) is 2.83. The normalized spacial score (nSPS) is 10.7. The van der Waals surface area contributed by atoms with Gasteiger partial charge in [-0.1, -0.05) is 11.6 Å². The Balaban J connectivity index is 2.76. The number of aromatic nitrogens is 1. The number of carboxylic acids is 1. The Labute approximate surface area is 85.3 Å². The van der Waals surface area contributed by atoms with Crippen molar-refractivity contribution in [3.05, 3.63) is 34.5 Å². The maximum Gasteiger partial charge on any atom is 0.352 e. The Kier molecular flexibility index (Phi) is 1.97. The number of fused-ring (bicyclic) bond motifs is 1. The zero-order chi connectivity index (χ0) is 10.3. The van der Waals surface area contributed by atoms with Crippen molar-refractivity contribution in [2.45, 2.75) is 6.92 Å². The molecule has 0 spiro atoms. The molecule has 0 saturated carbocycles. The van der Waals surface area contributed by atoms with E-state index in [4.69, 9.17) is 16.7 Å². The van der Waals surface area contributed by atoms with Crippen molar-refractivity contribution in [2.75, 3.05) is 0 Å². The first-order valence-corrected chi connectivity index (χ1v) is 4.48. The molecular weight excluding hydrogens is 202 g/mol. The van der Waals surface area contributed by atoms with Gasteiger partial charge in [0.25, 0.3) is 0 Å². The van der Waals surface area contributed by atoms with Crippen molar-refractivity contribution in [2.24, 2.45) is 0 Å². The van der Waals surface area contributed by atoms with Gasteiger partial charge in [0.15, 0.2) is 0 Å². The van der Waals surface area contributed by atoms with Gasteiger partial charge in [-0.3, -0.25) is 0 Å². The number of carbonyl (C=O) groups is 1. The van der Waals surface area contributed by atoms with Crippen LogP contribution >= 0.6 is 11.6 Å². The quantitative estimate of drug-likeness (QED) is 0.759. The van der Waals surface area contributed by atoms with Crippen LogP contribution in [0.4, 0.5) is 0 Å². The summed E-state index contributed by atoms with van der Waals surface area (Å²) in [5, 5.41) is 10.1. The van der Waals surface area contributed by atoms with Gasteiger partial charge in [-0.05, 0) is 30.7 Å². The van der Waals surface area contributed by atoms with Gasteiger partial charge >= 0.3 is 5.97 Å². The zero-order valence-electron chi connectivity index (χ0n) is 7.47. The topological polar surface area (TPSA) is 53.1 Å². The van der Waals surface area contributed by atoms with Crippen LogP contribution in [0.25, 0.3) is 10.9 Å². The number of hydrogen-bond donors (Lipinski definition) is 2. The molecule has 0 bridgehead atoms. The van der Waals surface area contributed by atoms with E-state index < -0.39 is 5.97 Å². The van der Waals surface area contributed by atoms with Crippen molar-refractivity contribution < 1.29 is 9.90 Å². The van der Waals surface area contributed by atoms with Gasteiger partial charge in [-0.2, -0.15) is 0 Å². The van der Waals surface area contributed by atoms with Crippen LogP contribution in [0.3, 0.4) is 0 Å². The lowest BCUT2D eigenvalue weighted by Gasteiger charge is -1.95. The van der Waals surface area contributed by atoms with Crippen LogP contribution in [0.5, 0.6) is 0 Å². The highest BCUT2D eigenvalue weighted by molar-refractivity contribution is 6.35. The third-order valence-electron chi connectivity index (χ3n) is 2.06. The molecule has 1 aromatic carbocycles. The molecule has 0 aliphatic heterocycles. The third-order valence-corrected chi connectivity index (χ3v) is 2.38. The summed E-state index contributed by atoms with van der Waals surface area (Å²) in [6.45, 7) is 1.91. The van der Waals surface area contributed by atoms with Crippen LogP contribution in [0.1, 0.15) is 16.1 Å². The van der Waals surface area contributed by atoms with Crippen molar-refractivity contribution in [3.63, 3.8) is 0 Å². The van der Waals surface area contributed by atoms with E-state index in [1.807, 2.05) is 19.1 Å². The molecule has 0 saturated heterocycles. The van der Waals surface area contributed by atoms with E-state index in [2.05, 4.69) is 4.98 Å². The molecule has 0 aliphatic carbocycles. The molecule has 72 valence electrons. The van der Waals surface area contributed by atoms with Crippen LogP contribution in [-0.4, -0.2) is 16.1 Å². The molecule has 0 amide bonds. The summed E-state index contributed by atoms with van der Waals surface area (Å²) in [5.74, 6) is -0.977. The van der Waals surface area contributed by atoms with Crippen LogP contribution in [0, 0.1) is 6.92 Å². The van der Waals surface area contributed by atoms with E-state index in [-0.39, 0.29) is 5.69 Å². The minimum absolute atomic E-state index is 0.160. The van der Waals surface area contributed by atoms with Gasteiger partial charge in [-0.15, -0.1) is 0 Å². The third kappa shape index (κ3) is 1.36. The molecule has 2 aromatic rings. The monoisotopic (exact) mass is 209 g/mol. The summed E-state index contributed by atoms with van der Waals surface area (Å²) in [7, 11) is 0. The van der Waals surface area contributed by atoms with E-state index in [0.29, 0.717) is 5.02 Å². The molecule has 0 unspecified atom stereocenters. The predicted molar refractivity (Wildman–Crippen MR) is 55.0 cm³/mol. The molecule has 1 aromatic heterocycles. The summed E-state index contributed by atoms with van der Waals surface area (Å²) in [6.07, 6.45) is 0. The Morgan fingerprint density at radius 1 is 1.43 bits per heavy atom. The number of H-pyrrole nitrogens is 1. The van der Waals surface area contributed by atoms with Crippen LogP contribution in [-0.2, 0) is 0 Å². The molecule has 4 heteroatoms. The van der Waals surface area contributed by atoms with Crippen molar-refractivity contribution in [1.82, 2.24) is 4.98 Å². The van der Waals surface area contributed by atoms with Crippen molar-refractivity contribution in [3.8, 4) is 0 Å². The molecular formula is C10H8ClNO2. The maximum atomic E-state index is 10.7. The first kappa shape index (κ1) is 9.09. The average molecular weight is 210 g/mol. The molecule has 14 heavy (non-hydrogen) atoms. The Bertz CT molecular complexity index is 516. The molecule has 0 radical (unpaired) electrons. The van der Waals surface area contributed by atoms with Crippen molar-refractivity contribution >= 4 is 28.5 Å². The largest absolute Gasteiger partial charge is 0.477 e. The molecule has 0 fully saturated rings. The molecule has 1 heterocycles. The first-order chi connectivity index (χ1) is 6.58. The van der Waals surface area contributed by atoms with Crippen LogP contribution < -0.4 is 0 Å². The Hall–Kier alpha value is -1.48. The van der Waals surface area contributed by atoms with E-state index >= 15 is 0 Å². The Morgan fingerprint density at radius 3 is 2.79 bits per heavy atom.